The smallest absolute Gasteiger partial charge is 0.272 e. The minimum absolute atomic E-state index is 0.0593. The third-order valence-corrected chi connectivity index (χ3v) is 8.02. The van der Waals surface area contributed by atoms with E-state index < -0.39 is 0 Å². The highest BCUT2D eigenvalue weighted by molar-refractivity contribution is 7.98. The summed E-state index contributed by atoms with van der Waals surface area (Å²) in [5.41, 5.74) is 1.91. The lowest BCUT2D eigenvalue weighted by molar-refractivity contribution is 0.0702. The molecule has 2 aliphatic rings. The van der Waals surface area contributed by atoms with Crippen LogP contribution in [0.25, 0.3) is 0 Å². The van der Waals surface area contributed by atoms with Gasteiger partial charge in [0.05, 0.1) is 15.7 Å². The van der Waals surface area contributed by atoms with Crippen LogP contribution in [0.15, 0.2) is 41.3 Å². The van der Waals surface area contributed by atoms with Crippen molar-refractivity contribution in [3.63, 3.8) is 0 Å². The SMILES string of the molecule is CC1(C)C[C@@H]2C[C@@](C)(CN2C(=O)c2cccc(CSc3cccc(Cl)c3Cl)n2)C1. The summed E-state index contributed by atoms with van der Waals surface area (Å²) >= 11 is 14.0. The van der Waals surface area contributed by atoms with Gasteiger partial charge in [-0.1, -0.05) is 56.1 Å². The average Bonchev–Trinajstić information content (AvgIpc) is 2.91. The monoisotopic (exact) mass is 448 g/mol. The summed E-state index contributed by atoms with van der Waals surface area (Å²) in [6.07, 6.45) is 3.34. The highest BCUT2D eigenvalue weighted by atomic mass is 35.5. The van der Waals surface area contributed by atoms with Gasteiger partial charge in [-0.25, -0.2) is 4.98 Å². The molecule has 2 heterocycles. The lowest BCUT2D eigenvalue weighted by Gasteiger charge is -2.39. The topological polar surface area (TPSA) is 33.2 Å². The third-order valence-electron chi connectivity index (χ3n) is 5.99. The van der Waals surface area contributed by atoms with Gasteiger partial charge in [-0.3, -0.25) is 4.79 Å². The van der Waals surface area contributed by atoms with Gasteiger partial charge < -0.3 is 4.90 Å². The highest BCUT2D eigenvalue weighted by Crippen LogP contribution is 2.52. The van der Waals surface area contributed by atoms with Gasteiger partial charge in [0, 0.05) is 23.2 Å². The fourth-order valence-electron chi connectivity index (χ4n) is 5.27. The molecule has 2 aromatic rings. The second-order valence-electron chi connectivity index (χ2n) is 9.50. The minimum Gasteiger partial charge on any atom is -0.334 e. The first kappa shape index (κ1) is 21.0. The Hall–Kier alpha value is -1.23. The summed E-state index contributed by atoms with van der Waals surface area (Å²) in [7, 11) is 0. The summed E-state index contributed by atoms with van der Waals surface area (Å²) in [5, 5.41) is 1.11. The van der Waals surface area contributed by atoms with E-state index in [-0.39, 0.29) is 16.7 Å². The van der Waals surface area contributed by atoms with E-state index in [1.807, 2.05) is 30.3 Å². The molecule has 2 bridgehead atoms. The maximum atomic E-state index is 13.3. The fraction of sp³-hybridized carbons (Fsp3) is 0.478. The molecule has 0 spiro atoms. The number of carbonyl (C=O) groups excluding carboxylic acids is 1. The van der Waals surface area contributed by atoms with E-state index in [1.165, 1.54) is 6.42 Å². The summed E-state index contributed by atoms with van der Waals surface area (Å²) in [4.78, 5) is 20.9. The number of halogens is 2. The minimum atomic E-state index is 0.0593. The molecule has 1 aromatic carbocycles. The summed E-state index contributed by atoms with van der Waals surface area (Å²) in [6, 6.07) is 11.6. The van der Waals surface area contributed by atoms with E-state index in [1.54, 1.807) is 17.8 Å². The van der Waals surface area contributed by atoms with Crippen molar-refractivity contribution in [1.29, 1.82) is 0 Å². The van der Waals surface area contributed by atoms with Gasteiger partial charge in [0.15, 0.2) is 0 Å². The summed E-state index contributed by atoms with van der Waals surface area (Å²) in [6.45, 7) is 7.80. The molecular weight excluding hydrogens is 423 g/mol. The predicted octanol–water partition coefficient (Wildman–Crippen LogP) is 6.72. The Morgan fingerprint density at radius 2 is 1.93 bits per heavy atom. The van der Waals surface area contributed by atoms with E-state index in [0.717, 1.165) is 30.0 Å². The molecule has 29 heavy (non-hydrogen) atoms. The quantitative estimate of drug-likeness (QED) is 0.486. The van der Waals surface area contributed by atoms with E-state index in [2.05, 4.69) is 30.7 Å². The molecule has 1 saturated heterocycles. The van der Waals surface area contributed by atoms with Gasteiger partial charge in [0.1, 0.15) is 5.69 Å². The average molecular weight is 449 g/mol. The number of rotatable bonds is 4. The largest absolute Gasteiger partial charge is 0.334 e. The van der Waals surface area contributed by atoms with E-state index >= 15 is 0 Å². The Bertz CT molecular complexity index is 948. The van der Waals surface area contributed by atoms with Crippen LogP contribution in [0.5, 0.6) is 0 Å². The summed E-state index contributed by atoms with van der Waals surface area (Å²) < 4.78 is 0. The van der Waals surface area contributed by atoms with Crippen LogP contribution in [0.1, 0.15) is 56.2 Å². The molecule has 1 saturated carbocycles. The van der Waals surface area contributed by atoms with Crippen LogP contribution in [-0.4, -0.2) is 28.4 Å². The predicted molar refractivity (Wildman–Crippen MR) is 121 cm³/mol. The maximum Gasteiger partial charge on any atom is 0.272 e. The van der Waals surface area contributed by atoms with E-state index in [9.17, 15) is 4.79 Å². The molecule has 154 valence electrons. The summed E-state index contributed by atoms with van der Waals surface area (Å²) in [5.74, 6) is 0.694. The lowest BCUT2D eigenvalue weighted by Crippen LogP contribution is -2.38. The Morgan fingerprint density at radius 1 is 1.17 bits per heavy atom. The first-order valence-corrected chi connectivity index (χ1v) is 11.7. The second kappa shape index (κ2) is 7.79. The number of benzene rings is 1. The normalized spacial score (nSPS) is 25.3. The highest BCUT2D eigenvalue weighted by Gasteiger charge is 2.51. The van der Waals surface area contributed by atoms with Crippen LogP contribution >= 0.6 is 35.0 Å². The Morgan fingerprint density at radius 3 is 2.72 bits per heavy atom. The molecule has 2 fully saturated rings. The number of carbonyl (C=O) groups is 1. The Balaban J connectivity index is 1.49. The van der Waals surface area contributed by atoms with Gasteiger partial charge in [-0.15, -0.1) is 11.8 Å². The van der Waals surface area contributed by atoms with Crippen LogP contribution in [0.4, 0.5) is 0 Å². The Kier molecular flexibility index (Phi) is 5.65. The zero-order chi connectivity index (χ0) is 20.8. The number of fused-ring (bicyclic) bond motifs is 2. The molecule has 0 unspecified atom stereocenters. The molecule has 1 amide bonds. The van der Waals surface area contributed by atoms with Crippen molar-refractivity contribution in [2.24, 2.45) is 10.8 Å². The molecular formula is C23H26Cl2N2OS. The number of amides is 1. The number of hydrogen-bond acceptors (Lipinski definition) is 3. The van der Waals surface area contributed by atoms with Crippen LogP contribution in [0.2, 0.25) is 10.0 Å². The van der Waals surface area contributed by atoms with Crippen LogP contribution in [0.3, 0.4) is 0 Å². The number of thioether (sulfide) groups is 1. The number of pyridine rings is 1. The lowest BCUT2D eigenvalue weighted by atomic mass is 9.65. The zero-order valence-corrected chi connectivity index (χ0v) is 19.4. The molecule has 1 aliphatic heterocycles. The molecule has 1 aromatic heterocycles. The van der Waals surface area contributed by atoms with Crippen LogP contribution < -0.4 is 0 Å². The van der Waals surface area contributed by atoms with Crippen molar-refractivity contribution in [3.05, 3.63) is 57.8 Å². The molecule has 6 heteroatoms. The van der Waals surface area contributed by atoms with Gasteiger partial charge >= 0.3 is 0 Å². The van der Waals surface area contributed by atoms with Gasteiger partial charge in [0.25, 0.3) is 5.91 Å². The van der Waals surface area contributed by atoms with Gasteiger partial charge in [0.2, 0.25) is 0 Å². The standard InChI is InChI=1S/C23H26Cl2N2OS/c1-22(2)10-16-11-23(3,13-22)14-27(16)21(28)18-8-4-6-15(26-18)12-29-19-9-5-7-17(24)20(19)25/h4-9,16H,10-14H2,1-3H3/t16-,23-/m1/s1. The maximum absolute atomic E-state index is 13.3. The number of likely N-dealkylation sites (tertiary alicyclic amines) is 1. The molecule has 1 aliphatic carbocycles. The number of hydrogen-bond donors (Lipinski definition) is 0. The molecule has 0 radical (unpaired) electrons. The van der Waals surface area contributed by atoms with Crippen molar-refractivity contribution in [1.82, 2.24) is 9.88 Å². The number of aromatic nitrogens is 1. The van der Waals surface area contributed by atoms with E-state index in [0.29, 0.717) is 27.5 Å². The molecule has 2 atom stereocenters. The molecule has 3 nitrogen and oxygen atoms in total. The van der Waals surface area contributed by atoms with Crippen molar-refractivity contribution < 1.29 is 4.79 Å². The van der Waals surface area contributed by atoms with Crippen molar-refractivity contribution >= 4 is 40.9 Å². The van der Waals surface area contributed by atoms with Gasteiger partial charge in [-0.05, 0) is 54.4 Å². The third kappa shape index (κ3) is 4.45. The Labute approximate surface area is 187 Å². The first-order valence-electron chi connectivity index (χ1n) is 10.00. The second-order valence-corrected chi connectivity index (χ2v) is 11.3. The van der Waals surface area contributed by atoms with E-state index in [4.69, 9.17) is 23.2 Å². The van der Waals surface area contributed by atoms with Crippen molar-refractivity contribution in [2.75, 3.05) is 6.54 Å². The molecule has 4 rings (SSSR count). The number of nitrogens with zero attached hydrogens (tertiary/aromatic N) is 2. The van der Waals surface area contributed by atoms with Crippen LogP contribution in [0, 0.1) is 10.8 Å². The molecule has 0 N–H and O–H groups in total. The van der Waals surface area contributed by atoms with Gasteiger partial charge in [-0.2, -0.15) is 0 Å². The van der Waals surface area contributed by atoms with Crippen molar-refractivity contribution in [2.45, 2.75) is 56.7 Å². The first-order chi connectivity index (χ1) is 13.7. The zero-order valence-electron chi connectivity index (χ0n) is 17.0. The van der Waals surface area contributed by atoms with Crippen molar-refractivity contribution in [3.8, 4) is 0 Å². The van der Waals surface area contributed by atoms with Crippen LogP contribution in [-0.2, 0) is 5.75 Å². The fourth-order valence-corrected chi connectivity index (χ4v) is 6.67.